The molecule has 0 fully saturated rings. The van der Waals surface area contributed by atoms with Crippen LogP contribution in [-0.2, 0) is 4.79 Å². The van der Waals surface area contributed by atoms with Crippen molar-refractivity contribution in [2.45, 2.75) is 0 Å². The molecule has 19 heavy (non-hydrogen) atoms. The second kappa shape index (κ2) is 6.11. The fourth-order valence-electron chi connectivity index (χ4n) is 1.81. The van der Waals surface area contributed by atoms with Gasteiger partial charge in [0, 0.05) is 31.3 Å². The minimum atomic E-state index is -0.130. The first-order valence-corrected chi connectivity index (χ1v) is 6.10. The Morgan fingerprint density at radius 2 is 2.16 bits per heavy atom. The van der Waals surface area contributed by atoms with Gasteiger partial charge in [-0.05, 0) is 23.8 Å². The highest BCUT2D eigenvalue weighted by Crippen LogP contribution is 2.17. The number of aliphatic hydroxyl groups excluding tert-OH is 1. The predicted molar refractivity (Wildman–Crippen MR) is 75.5 cm³/mol. The summed E-state index contributed by atoms with van der Waals surface area (Å²) in [5.74, 6) is -0.130. The van der Waals surface area contributed by atoms with E-state index in [1.807, 2.05) is 30.3 Å². The zero-order valence-electron chi connectivity index (χ0n) is 10.8. The number of carbonyl (C=O) groups excluding carboxylic acids is 1. The van der Waals surface area contributed by atoms with Crippen molar-refractivity contribution < 1.29 is 9.90 Å². The number of para-hydroxylation sites is 1. The summed E-state index contributed by atoms with van der Waals surface area (Å²) in [5, 5.41) is 9.80. The van der Waals surface area contributed by atoms with Crippen LogP contribution in [0, 0.1) is 0 Å². The molecular formula is C15H16N2O2. The van der Waals surface area contributed by atoms with Crippen LogP contribution in [0.1, 0.15) is 5.56 Å². The Hall–Kier alpha value is -2.20. The molecule has 1 N–H and O–H groups in total. The predicted octanol–water partition coefficient (Wildman–Crippen LogP) is 1.70. The number of hydrogen-bond donors (Lipinski definition) is 1. The summed E-state index contributed by atoms with van der Waals surface area (Å²) in [6.07, 6.45) is 5.02. The van der Waals surface area contributed by atoms with E-state index >= 15 is 0 Å². The molecule has 0 saturated carbocycles. The quantitative estimate of drug-likeness (QED) is 0.847. The molecule has 0 aliphatic heterocycles. The number of aliphatic hydroxyl groups is 1. The van der Waals surface area contributed by atoms with Gasteiger partial charge in [0.25, 0.3) is 0 Å². The van der Waals surface area contributed by atoms with Crippen molar-refractivity contribution in [3.63, 3.8) is 0 Å². The number of aromatic nitrogens is 1. The van der Waals surface area contributed by atoms with Gasteiger partial charge in [-0.1, -0.05) is 18.2 Å². The third-order valence-electron chi connectivity index (χ3n) is 2.90. The fraction of sp³-hybridized carbons (Fsp3) is 0.200. The van der Waals surface area contributed by atoms with Gasteiger partial charge in [0.15, 0.2) is 0 Å². The van der Waals surface area contributed by atoms with Crippen LogP contribution in [0.3, 0.4) is 0 Å². The van der Waals surface area contributed by atoms with E-state index in [1.54, 1.807) is 19.3 Å². The summed E-state index contributed by atoms with van der Waals surface area (Å²) in [5.41, 5.74) is 1.86. The van der Waals surface area contributed by atoms with E-state index in [1.165, 1.54) is 11.0 Å². The van der Waals surface area contributed by atoms with Gasteiger partial charge in [0.1, 0.15) is 0 Å². The summed E-state index contributed by atoms with van der Waals surface area (Å²) in [6.45, 7) is 0.300. The summed E-state index contributed by atoms with van der Waals surface area (Å²) in [4.78, 5) is 17.5. The second-order valence-electron chi connectivity index (χ2n) is 4.23. The number of benzene rings is 1. The van der Waals surface area contributed by atoms with Crippen LogP contribution in [0.5, 0.6) is 0 Å². The Kier molecular flexibility index (Phi) is 4.26. The minimum Gasteiger partial charge on any atom is -0.395 e. The van der Waals surface area contributed by atoms with Crippen molar-refractivity contribution in [2.75, 3.05) is 20.2 Å². The normalized spacial score (nSPS) is 11.1. The highest BCUT2D eigenvalue weighted by atomic mass is 16.3. The smallest absolute Gasteiger partial charge is 0.246 e. The van der Waals surface area contributed by atoms with E-state index in [4.69, 9.17) is 5.11 Å². The molecule has 1 aromatic carbocycles. The monoisotopic (exact) mass is 256 g/mol. The highest BCUT2D eigenvalue weighted by Gasteiger charge is 2.04. The van der Waals surface area contributed by atoms with Crippen LogP contribution in [-0.4, -0.2) is 41.1 Å². The number of pyridine rings is 1. The molecule has 0 unspecified atom stereocenters. The van der Waals surface area contributed by atoms with Gasteiger partial charge in [0.2, 0.25) is 5.91 Å². The van der Waals surface area contributed by atoms with Crippen molar-refractivity contribution in [2.24, 2.45) is 0 Å². The van der Waals surface area contributed by atoms with Crippen LogP contribution < -0.4 is 0 Å². The van der Waals surface area contributed by atoms with Gasteiger partial charge in [-0.25, -0.2) is 0 Å². The third kappa shape index (κ3) is 3.17. The molecule has 98 valence electrons. The zero-order chi connectivity index (χ0) is 13.7. The van der Waals surface area contributed by atoms with Gasteiger partial charge < -0.3 is 10.0 Å². The van der Waals surface area contributed by atoms with Crippen molar-refractivity contribution in [1.82, 2.24) is 9.88 Å². The highest BCUT2D eigenvalue weighted by molar-refractivity contribution is 5.95. The molecule has 1 amide bonds. The number of nitrogens with zero attached hydrogens (tertiary/aromatic N) is 2. The second-order valence-corrected chi connectivity index (χ2v) is 4.23. The number of fused-ring (bicyclic) bond motifs is 1. The standard InChI is InChI=1S/C15H16N2O2/c1-17(10-11-18)15(19)7-6-12-8-9-16-14-5-3-2-4-13(12)14/h2-9,18H,10-11H2,1H3/b7-6+. The Labute approximate surface area is 112 Å². The van der Waals surface area contributed by atoms with Crippen LogP contribution in [0.25, 0.3) is 17.0 Å². The van der Waals surface area contributed by atoms with E-state index in [0.717, 1.165) is 16.5 Å². The topological polar surface area (TPSA) is 53.4 Å². The van der Waals surface area contributed by atoms with Crippen molar-refractivity contribution >= 4 is 22.9 Å². The first-order valence-electron chi connectivity index (χ1n) is 6.10. The van der Waals surface area contributed by atoms with E-state index in [0.29, 0.717) is 6.54 Å². The largest absolute Gasteiger partial charge is 0.395 e. The molecule has 0 atom stereocenters. The van der Waals surface area contributed by atoms with Crippen molar-refractivity contribution in [1.29, 1.82) is 0 Å². The maximum absolute atomic E-state index is 11.8. The van der Waals surface area contributed by atoms with Crippen LogP contribution >= 0.6 is 0 Å². The SMILES string of the molecule is CN(CCO)C(=O)/C=C/c1ccnc2ccccc12. The van der Waals surface area contributed by atoms with Crippen molar-refractivity contribution in [3.05, 3.63) is 48.2 Å². The van der Waals surface area contributed by atoms with Crippen LogP contribution in [0.4, 0.5) is 0 Å². The fourth-order valence-corrected chi connectivity index (χ4v) is 1.81. The average Bonchev–Trinajstić information content (AvgIpc) is 2.45. The number of likely N-dealkylation sites (N-methyl/N-ethyl adjacent to an activating group) is 1. The summed E-state index contributed by atoms with van der Waals surface area (Å²) < 4.78 is 0. The van der Waals surface area contributed by atoms with Crippen LogP contribution in [0.15, 0.2) is 42.6 Å². The minimum absolute atomic E-state index is 0.0335. The number of hydrogen-bond acceptors (Lipinski definition) is 3. The number of rotatable bonds is 4. The molecule has 2 rings (SSSR count). The first-order chi connectivity index (χ1) is 9.22. The van der Waals surface area contributed by atoms with Gasteiger partial charge in [0.05, 0.1) is 12.1 Å². The molecule has 0 radical (unpaired) electrons. The molecule has 1 heterocycles. The number of amides is 1. The molecule has 0 aliphatic rings. The maximum Gasteiger partial charge on any atom is 0.246 e. The molecule has 0 saturated heterocycles. The van der Waals surface area contributed by atoms with E-state index in [-0.39, 0.29) is 12.5 Å². The molecule has 2 aromatic rings. The summed E-state index contributed by atoms with van der Waals surface area (Å²) in [7, 11) is 1.66. The third-order valence-corrected chi connectivity index (χ3v) is 2.90. The Morgan fingerprint density at radius 3 is 2.95 bits per heavy atom. The molecule has 4 nitrogen and oxygen atoms in total. The van der Waals surface area contributed by atoms with Crippen LogP contribution in [0.2, 0.25) is 0 Å². The zero-order valence-corrected chi connectivity index (χ0v) is 10.8. The van der Waals surface area contributed by atoms with E-state index in [9.17, 15) is 4.79 Å². The lowest BCUT2D eigenvalue weighted by atomic mass is 10.1. The van der Waals surface area contributed by atoms with Gasteiger partial charge in [-0.2, -0.15) is 0 Å². The number of carbonyl (C=O) groups is 1. The molecule has 0 spiro atoms. The van der Waals surface area contributed by atoms with Gasteiger partial charge in [-0.3, -0.25) is 9.78 Å². The van der Waals surface area contributed by atoms with Gasteiger partial charge in [-0.15, -0.1) is 0 Å². The molecule has 0 bridgehead atoms. The lowest BCUT2D eigenvalue weighted by molar-refractivity contribution is -0.125. The van der Waals surface area contributed by atoms with E-state index < -0.39 is 0 Å². The Bertz CT molecular complexity index is 603. The summed E-state index contributed by atoms with van der Waals surface area (Å²) >= 11 is 0. The Balaban J connectivity index is 2.24. The lowest BCUT2D eigenvalue weighted by Crippen LogP contribution is -2.27. The maximum atomic E-state index is 11.8. The first kappa shape index (κ1) is 13.2. The molecule has 1 aromatic heterocycles. The molecular weight excluding hydrogens is 240 g/mol. The van der Waals surface area contributed by atoms with E-state index in [2.05, 4.69) is 4.98 Å². The summed E-state index contributed by atoms with van der Waals surface area (Å²) in [6, 6.07) is 9.67. The average molecular weight is 256 g/mol. The molecule has 4 heteroatoms. The van der Waals surface area contributed by atoms with Crippen molar-refractivity contribution in [3.8, 4) is 0 Å². The molecule has 0 aliphatic carbocycles. The Morgan fingerprint density at radius 1 is 1.37 bits per heavy atom. The lowest BCUT2D eigenvalue weighted by Gasteiger charge is -2.12. The van der Waals surface area contributed by atoms with Gasteiger partial charge >= 0.3 is 0 Å².